The number of fused-ring (bicyclic) bond motifs is 1. The van der Waals surface area contributed by atoms with E-state index in [1.54, 1.807) is 12.3 Å². The van der Waals surface area contributed by atoms with Gasteiger partial charge in [0.1, 0.15) is 11.6 Å². The standard InChI is InChI=1S/C31H29N5OS/c1-38(26-15-9-4-10-16-26)35-19-17-34(18-20-35)30-21-28-27(23-32-30)29(37)22-31(33-24-11-5-2-6-12-24)36(28)25-13-7-3-8-14-25/h2-16,21-23,33H,1,17-20H2. The van der Waals surface area contributed by atoms with Crippen LogP contribution in [0.4, 0.5) is 17.3 Å². The monoisotopic (exact) mass is 519 g/mol. The summed E-state index contributed by atoms with van der Waals surface area (Å²) in [5.74, 6) is 6.03. The molecule has 3 aromatic carbocycles. The van der Waals surface area contributed by atoms with Crippen molar-refractivity contribution in [2.24, 2.45) is 0 Å². The third kappa shape index (κ3) is 4.86. The zero-order valence-electron chi connectivity index (χ0n) is 21.0. The summed E-state index contributed by atoms with van der Waals surface area (Å²) in [7, 11) is -0.185. The van der Waals surface area contributed by atoms with Crippen molar-refractivity contribution in [3.8, 4) is 5.69 Å². The first-order valence-corrected chi connectivity index (χ1v) is 14.0. The molecule has 0 aliphatic carbocycles. The van der Waals surface area contributed by atoms with Gasteiger partial charge in [0.15, 0.2) is 5.43 Å². The largest absolute Gasteiger partial charge is 0.354 e. The fraction of sp³-hybridized carbons (Fsp3) is 0.129. The van der Waals surface area contributed by atoms with Crippen LogP contribution in [-0.4, -0.2) is 45.9 Å². The Morgan fingerprint density at radius 2 is 1.42 bits per heavy atom. The predicted octanol–water partition coefficient (Wildman–Crippen LogP) is 5.93. The summed E-state index contributed by atoms with van der Waals surface area (Å²) in [6, 6.07) is 34.2. The average Bonchev–Trinajstić information content (AvgIpc) is 2.98. The van der Waals surface area contributed by atoms with E-state index in [1.807, 2.05) is 54.6 Å². The van der Waals surface area contributed by atoms with Crippen molar-refractivity contribution >= 4 is 44.8 Å². The number of aromatic nitrogens is 2. The highest BCUT2D eigenvalue weighted by Crippen LogP contribution is 2.31. The maximum Gasteiger partial charge on any atom is 0.193 e. The van der Waals surface area contributed by atoms with Crippen LogP contribution in [0, 0.1) is 0 Å². The quantitative estimate of drug-likeness (QED) is 0.282. The fourth-order valence-electron chi connectivity index (χ4n) is 4.86. The summed E-state index contributed by atoms with van der Waals surface area (Å²) >= 11 is 0. The molecule has 5 aromatic rings. The Labute approximate surface area is 224 Å². The molecule has 1 unspecified atom stereocenters. The molecule has 3 heterocycles. The molecule has 38 heavy (non-hydrogen) atoms. The molecule has 0 radical (unpaired) electrons. The van der Waals surface area contributed by atoms with Gasteiger partial charge in [-0.1, -0.05) is 71.1 Å². The molecular formula is C31H29N5OS. The molecule has 7 heteroatoms. The van der Waals surface area contributed by atoms with Crippen molar-refractivity contribution in [2.45, 2.75) is 4.90 Å². The molecule has 6 nitrogen and oxygen atoms in total. The maximum absolute atomic E-state index is 13.2. The van der Waals surface area contributed by atoms with Gasteiger partial charge in [-0.2, -0.15) is 0 Å². The molecule has 0 bridgehead atoms. The molecule has 1 atom stereocenters. The van der Waals surface area contributed by atoms with E-state index in [1.165, 1.54) is 4.90 Å². The molecule has 1 fully saturated rings. The predicted molar refractivity (Wildman–Crippen MR) is 160 cm³/mol. The molecular weight excluding hydrogens is 490 g/mol. The first-order valence-electron chi connectivity index (χ1n) is 12.7. The van der Waals surface area contributed by atoms with E-state index in [-0.39, 0.29) is 16.1 Å². The van der Waals surface area contributed by atoms with Crippen LogP contribution in [0.2, 0.25) is 0 Å². The molecule has 1 aliphatic heterocycles. The smallest absolute Gasteiger partial charge is 0.193 e. The van der Waals surface area contributed by atoms with Crippen molar-refractivity contribution in [1.82, 2.24) is 13.9 Å². The number of nitrogens with zero attached hydrogens (tertiary/aromatic N) is 4. The Hall–Kier alpha value is -4.20. The van der Waals surface area contributed by atoms with Crippen LogP contribution in [0.5, 0.6) is 0 Å². The van der Waals surface area contributed by atoms with Gasteiger partial charge in [0.2, 0.25) is 0 Å². The van der Waals surface area contributed by atoms with E-state index < -0.39 is 0 Å². The van der Waals surface area contributed by atoms with Gasteiger partial charge in [-0.3, -0.25) is 9.36 Å². The number of hydrogen-bond donors (Lipinski definition) is 1. The number of rotatable bonds is 6. The Balaban J connectivity index is 1.36. The lowest BCUT2D eigenvalue weighted by atomic mass is 10.2. The first kappa shape index (κ1) is 24.2. The van der Waals surface area contributed by atoms with E-state index in [9.17, 15) is 4.79 Å². The third-order valence-electron chi connectivity index (χ3n) is 6.83. The first-order chi connectivity index (χ1) is 18.7. The third-order valence-corrected chi connectivity index (χ3v) is 8.64. The van der Waals surface area contributed by atoms with Crippen LogP contribution in [0.15, 0.2) is 119 Å². The molecule has 0 saturated carbocycles. The van der Waals surface area contributed by atoms with Gasteiger partial charge in [-0.25, -0.2) is 9.29 Å². The summed E-state index contributed by atoms with van der Waals surface area (Å²) in [6.07, 6.45) is 1.72. The Kier molecular flexibility index (Phi) is 6.77. The molecule has 1 N–H and O–H groups in total. The minimum atomic E-state index is -0.185. The molecule has 6 rings (SSSR count). The molecule has 1 saturated heterocycles. The number of piperazine rings is 1. The molecule has 190 valence electrons. The van der Waals surface area contributed by atoms with Crippen molar-refractivity contribution in [1.29, 1.82) is 0 Å². The van der Waals surface area contributed by atoms with Crippen molar-refractivity contribution in [2.75, 3.05) is 36.4 Å². The maximum atomic E-state index is 13.2. The van der Waals surface area contributed by atoms with Gasteiger partial charge >= 0.3 is 0 Å². The van der Waals surface area contributed by atoms with Gasteiger partial charge in [0.25, 0.3) is 0 Å². The fourth-order valence-corrected chi connectivity index (χ4v) is 6.23. The SMILES string of the molecule is C=S(c1ccccc1)N1CCN(c2cc3c(cn2)c(=O)cc(Nc2ccccc2)n3-c2ccccc2)CC1. The molecule has 1 aliphatic rings. The van der Waals surface area contributed by atoms with Gasteiger partial charge in [0, 0.05) is 60.8 Å². The van der Waals surface area contributed by atoms with Gasteiger partial charge in [-0.15, -0.1) is 0 Å². The van der Waals surface area contributed by atoms with E-state index in [0.29, 0.717) is 11.2 Å². The minimum Gasteiger partial charge on any atom is -0.354 e. The van der Waals surface area contributed by atoms with E-state index >= 15 is 0 Å². The second-order valence-electron chi connectivity index (χ2n) is 9.21. The van der Waals surface area contributed by atoms with Gasteiger partial charge in [-0.05, 0) is 36.4 Å². The Morgan fingerprint density at radius 1 is 0.789 bits per heavy atom. The second-order valence-corrected chi connectivity index (χ2v) is 10.9. The van der Waals surface area contributed by atoms with Crippen LogP contribution in [0.3, 0.4) is 0 Å². The summed E-state index contributed by atoms with van der Waals surface area (Å²) in [5.41, 5.74) is 2.67. The molecule has 0 spiro atoms. The lowest BCUT2D eigenvalue weighted by Gasteiger charge is -2.36. The number of benzene rings is 3. The highest BCUT2D eigenvalue weighted by molar-refractivity contribution is 8.12. The highest BCUT2D eigenvalue weighted by Gasteiger charge is 2.21. The summed E-state index contributed by atoms with van der Waals surface area (Å²) in [6.45, 7) is 3.51. The average molecular weight is 520 g/mol. The van der Waals surface area contributed by atoms with E-state index in [0.717, 1.165) is 48.9 Å². The minimum absolute atomic E-state index is 0.0570. The molecule has 2 aromatic heterocycles. The van der Waals surface area contributed by atoms with Crippen LogP contribution in [0.1, 0.15) is 0 Å². The summed E-state index contributed by atoms with van der Waals surface area (Å²) < 4.78 is 4.54. The van der Waals surface area contributed by atoms with Gasteiger partial charge < -0.3 is 10.2 Å². The van der Waals surface area contributed by atoms with E-state index in [4.69, 9.17) is 4.98 Å². The Morgan fingerprint density at radius 3 is 2.11 bits per heavy atom. The zero-order valence-corrected chi connectivity index (χ0v) is 21.8. The lowest BCUT2D eigenvalue weighted by molar-refractivity contribution is 0.427. The van der Waals surface area contributed by atoms with Crippen molar-refractivity contribution in [3.05, 3.63) is 120 Å². The van der Waals surface area contributed by atoms with E-state index in [2.05, 4.69) is 67.4 Å². The normalized spacial score (nSPS) is 14.9. The highest BCUT2D eigenvalue weighted by atomic mass is 32.2. The molecule has 0 amide bonds. The number of anilines is 3. The van der Waals surface area contributed by atoms with Gasteiger partial charge in [0.05, 0.1) is 10.9 Å². The van der Waals surface area contributed by atoms with Crippen LogP contribution in [-0.2, 0) is 0 Å². The van der Waals surface area contributed by atoms with Crippen molar-refractivity contribution in [3.63, 3.8) is 0 Å². The number of pyridine rings is 2. The number of nitrogens with one attached hydrogen (secondary N) is 1. The topological polar surface area (TPSA) is 53.4 Å². The summed E-state index contributed by atoms with van der Waals surface area (Å²) in [4.78, 5) is 21.5. The van der Waals surface area contributed by atoms with Crippen LogP contribution in [0.25, 0.3) is 16.6 Å². The number of hydrogen-bond acceptors (Lipinski definition) is 5. The van der Waals surface area contributed by atoms with Crippen LogP contribution >= 0.6 is 10.7 Å². The van der Waals surface area contributed by atoms with Crippen molar-refractivity contribution < 1.29 is 0 Å². The number of para-hydroxylation sites is 2. The second kappa shape index (κ2) is 10.7. The lowest BCUT2D eigenvalue weighted by Crippen LogP contribution is -2.44. The summed E-state index contributed by atoms with van der Waals surface area (Å²) in [5, 5.41) is 4.05. The van der Waals surface area contributed by atoms with Crippen LogP contribution < -0.4 is 15.6 Å². The Bertz CT molecular complexity index is 1630. The zero-order chi connectivity index (χ0) is 25.9.